The Bertz CT molecular complexity index is 1550. The lowest BCUT2D eigenvalue weighted by Gasteiger charge is -2.38. The zero-order chi connectivity index (χ0) is 31.0. The number of para-hydroxylation sites is 2. The molecule has 3 aliphatic rings. The third-order valence-electron chi connectivity index (χ3n) is 9.46. The van der Waals surface area contributed by atoms with Crippen molar-refractivity contribution >= 4 is 45.1 Å². The number of benzene rings is 2. The van der Waals surface area contributed by atoms with E-state index in [0.29, 0.717) is 0 Å². The number of likely N-dealkylation sites (N-methyl/N-ethyl adjacent to an activating group) is 2. The van der Waals surface area contributed by atoms with E-state index in [1.165, 1.54) is 56.8 Å². The van der Waals surface area contributed by atoms with Crippen LogP contribution < -0.4 is 9.47 Å². The van der Waals surface area contributed by atoms with Crippen molar-refractivity contribution < 1.29 is 23.0 Å². The summed E-state index contributed by atoms with van der Waals surface area (Å²) in [5.74, 6) is 0. The summed E-state index contributed by atoms with van der Waals surface area (Å²) in [5, 5.41) is 2.61. The molecule has 238 valence electrons. The number of rotatable bonds is 12. The molecule has 0 N–H and O–H groups in total. The van der Waals surface area contributed by atoms with Gasteiger partial charge in [0, 0.05) is 30.0 Å². The SMILES string of the molecule is C[N+]1(CCCN2C(=CC=CC=CC=Cc3sc4ccccc4[n+]3CCC[N+]3(C)CCOCC3)Sc3ccccc32)CCOCC1. The first-order valence-electron chi connectivity index (χ1n) is 16.5. The number of aromatic nitrogens is 1. The highest BCUT2D eigenvalue weighted by Gasteiger charge is 2.28. The van der Waals surface area contributed by atoms with Crippen molar-refractivity contribution in [2.75, 3.05) is 91.2 Å². The van der Waals surface area contributed by atoms with Gasteiger partial charge in [0.1, 0.15) is 30.9 Å². The third kappa shape index (κ3) is 8.36. The van der Waals surface area contributed by atoms with Crippen molar-refractivity contribution in [3.8, 4) is 0 Å². The summed E-state index contributed by atoms with van der Waals surface area (Å²) in [6.07, 6.45) is 17.6. The van der Waals surface area contributed by atoms with E-state index >= 15 is 0 Å². The molecular weight excluding hydrogens is 597 g/mol. The summed E-state index contributed by atoms with van der Waals surface area (Å²) in [6.45, 7) is 12.5. The molecule has 0 unspecified atom stereocenters. The molecule has 3 aromatic rings. The topological polar surface area (TPSA) is 25.6 Å². The van der Waals surface area contributed by atoms with Crippen molar-refractivity contribution in [3.63, 3.8) is 0 Å². The lowest BCUT2D eigenvalue weighted by Crippen LogP contribution is -2.53. The number of anilines is 1. The zero-order valence-corrected chi connectivity index (χ0v) is 28.6. The van der Waals surface area contributed by atoms with Crippen LogP contribution in [-0.2, 0) is 16.0 Å². The molecule has 0 aliphatic carbocycles. The summed E-state index contributed by atoms with van der Waals surface area (Å²) >= 11 is 3.75. The van der Waals surface area contributed by atoms with Gasteiger partial charge in [0.2, 0.25) is 5.52 Å². The van der Waals surface area contributed by atoms with Gasteiger partial charge in [0.15, 0.2) is 6.54 Å². The molecule has 0 radical (unpaired) electrons. The summed E-state index contributed by atoms with van der Waals surface area (Å²) in [5.41, 5.74) is 2.67. The monoisotopic (exact) mass is 645 g/mol. The molecule has 6 nitrogen and oxygen atoms in total. The molecular formula is C37H49N4O2S2+3. The molecule has 4 heterocycles. The second-order valence-electron chi connectivity index (χ2n) is 12.9. The Balaban J connectivity index is 1.07. The highest BCUT2D eigenvalue weighted by atomic mass is 32.2. The molecule has 0 saturated carbocycles. The van der Waals surface area contributed by atoms with E-state index < -0.39 is 0 Å². The Labute approximate surface area is 277 Å². The normalized spacial score (nSPS) is 20.8. The lowest BCUT2D eigenvalue weighted by molar-refractivity contribution is -0.918. The van der Waals surface area contributed by atoms with E-state index in [1.54, 1.807) is 0 Å². The maximum absolute atomic E-state index is 5.60. The fourth-order valence-corrected chi connectivity index (χ4v) is 8.72. The molecule has 3 aliphatic heterocycles. The minimum atomic E-state index is 0.886. The fourth-order valence-electron chi connectivity index (χ4n) is 6.52. The maximum Gasteiger partial charge on any atom is 0.262 e. The number of nitrogens with zero attached hydrogens (tertiary/aromatic N) is 4. The number of allylic oxidation sites excluding steroid dienone is 6. The second kappa shape index (κ2) is 15.2. The largest absolute Gasteiger partial charge is 0.370 e. The number of aryl methyl sites for hydroxylation is 1. The van der Waals surface area contributed by atoms with Crippen LogP contribution in [0.4, 0.5) is 5.69 Å². The Morgan fingerprint density at radius 2 is 1.42 bits per heavy atom. The molecule has 2 saturated heterocycles. The fraction of sp³-hybridized carbons (Fsp3) is 0.432. The smallest absolute Gasteiger partial charge is 0.262 e. The van der Waals surface area contributed by atoms with Crippen LogP contribution in [0.5, 0.6) is 0 Å². The van der Waals surface area contributed by atoms with Crippen LogP contribution in [0.3, 0.4) is 0 Å². The van der Waals surface area contributed by atoms with Gasteiger partial charge in [0.05, 0.1) is 70.7 Å². The van der Waals surface area contributed by atoms with Gasteiger partial charge < -0.3 is 23.3 Å². The van der Waals surface area contributed by atoms with Gasteiger partial charge in [-0.15, -0.1) is 0 Å². The van der Waals surface area contributed by atoms with Gasteiger partial charge in [-0.1, -0.05) is 77.7 Å². The van der Waals surface area contributed by atoms with Gasteiger partial charge in [-0.25, -0.2) is 0 Å². The average Bonchev–Trinajstić information content (AvgIpc) is 3.58. The summed E-state index contributed by atoms with van der Waals surface area (Å²) < 4.78 is 17.3. The van der Waals surface area contributed by atoms with Crippen LogP contribution in [0.2, 0.25) is 0 Å². The van der Waals surface area contributed by atoms with E-state index in [0.717, 1.165) is 74.7 Å². The predicted octanol–water partition coefficient (Wildman–Crippen LogP) is 6.50. The van der Waals surface area contributed by atoms with Crippen molar-refractivity contribution in [3.05, 3.63) is 95.0 Å². The molecule has 6 rings (SSSR count). The Hall–Kier alpha value is -2.72. The third-order valence-corrected chi connectivity index (χ3v) is 11.7. The van der Waals surface area contributed by atoms with Crippen molar-refractivity contribution in [2.24, 2.45) is 0 Å². The van der Waals surface area contributed by atoms with Gasteiger partial charge in [-0.2, -0.15) is 4.57 Å². The Morgan fingerprint density at radius 1 is 0.778 bits per heavy atom. The van der Waals surface area contributed by atoms with E-state index in [9.17, 15) is 0 Å². The first-order chi connectivity index (χ1) is 22.0. The van der Waals surface area contributed by atoms with Crippen molar-refractivity contribution in [1.82, 2.24) is 0 Å². The molecule has 0 atom stereocenters. The molecule has 45 heavy (non-hydrogen) atoms. The summed E-state index contributed by atoms with van der Waals surface area (Å²) in [7, 11) is 4.76. The van der Waals surface area contributed by atoms with Crippen LogP contribution >= 0.6 is 23.1 Å². The van der Waals surface area contributed by atoms with Gasteiger partial charge in [0.25, 0.3) is 5.01 Å². The zero-order valence-electron chi connectivity index (χ0n) is 27.0. The number of fused-ring (bicyclic) bond motifs is 2. The first-order valence-corrected chi connectivity index (χ1v) is 18.2. The minimum absolute atomic E-state index is 0.886. The molecule has 0 amide bonds. The molecule has 2 aromatic carbocycles. The number of ether oxygens (including phenoxy) is 2. The predicted molar refractivity (Wildman–Crippen MR) is 190 cm³/mol. The van der Waals surface area contributed by atoms with Gasteiger partial charge >= 0.3 is 0 Å². The first kappa shape index (κ1) is 32.2. The quantitative estimate of drug-likeness (QED) is 0.128. The molecule has 0 bridgehead atoms. The van der Waals surface area contributed by atoms with Crippen molar-refractivity contribution in [1.29, 1.82) is 0 Å². The number of thiazole rings is 1. The molecule has 1 aromatic heterocycles. The number of hydrogen-bond acceptors (Lipinski definition) is 5. The number of hydrogen-bond donors (Lipinski definition) is 0. The van der Waals surface area contributed by atoms with Gasteiger partial charge in [-0.3, -0.25) is 0 Å². The molecule has 0 spiro atoms. The van der Waals surface area contributed by atoms with Crippen LogP contribution in [0.1, 0.15) is 17.8 Å². The van der Waals surface area contributed by atoms with Crippen LogP contribution in [0.15, 0.2) is 94.9 Å². The van der Waals surface area contributed by atoms with Crippen LogP contribution in [0, 0.1) is 0 Å². The number of quaternary nitrogens is 2. The highest BCUT2D eigenvalue weighted by Crippen LogP contribution is 2.45. The van der Waals surface area contributed by atoms with Crippen molar-refractivity contribution in [2.45, 2.75) is 24.3 Å². The van der Waals surface area contributed by atoms with Crippen LogP contribution in [0.25, 0.3) is 16.3 Å². The van der Waals surface area contributed by atoms with E-state index in [-0.39, 0.29) is 0 Å². The van der Waals surface area contributed by atoms with E-state index in [1.807, 2.05) is 23.1 Å². The summed E-state index contributed by atoms with van der Waals surface area (Å²) in [4.78, 5) is 3.85. The number of thioether (sulfide) groups is 1. The molecule has 8 heteroatoms. The minimum Gasteiger partial charge on any atom is -0.370 e. The van der Waals surface area contributed by atoms with Crippen LogP contribution in [-0.4, -0.2) is 95.3 Å². The Kier molecular flexibility index (Phi) is 10.9. The maximum atomic E-state index is 5.60. The Morgan fingerprint density at radius 3 is 2.20 bits per heavy atom. The second-order valence-corrected chi connectivity index (χ2v) is 15.1. The number of morpholine rings is 2. The average molecular weight is 646 g/mol. The van der Waals surface area contributed by atoms with E-state index in [2.05, 4.69) is 115 Å². The summed E-state index contributed by atoms with van der Waals surface area (Å²) in [6, 6.07) is 17.6. The lowest BCUT2D eigenvalue weighted by atomic mass is 10.2. The van der Waals surface area contributed by atoms with Gasteiger partial charge in [-0.05, 0) is 24.3 Å². The van der Waals surface area contributed by atoms with E-state index in [4.69, 9.17) is 9.47 Å². The highest BCUT2D eigenvalue weighted by molar-refractivity contribution is 8.03. The standard InChI is InChI=1S/C37H49N4O2S2/c1-40(24-28-42-29-25-40)22-12-20-38-32-14-8-10-16-34(32)44-36(38)18-6-4-3-5-7-19-37-39(33-15-9-11-17-35(33)45-37)21-13-23-41(2)26-30-43-31-27-41/h3-11,14-19H,12-13,20-31H2,1-2H3/q+3. The molecule has 2 fully saturated rings.